The Bertz CT molecular complexity index is 916. The summed E-state index contributed by atoms with van der Waals surface area (Å²) in [6.45, 7) is -0.00571. The third-order valence-electron chi connectivity index (χ3n) is 4.45. The summed E-state index contributed by atoms with van der Waals surface area (Å²) in [6, 6.07) is 9.68. The number of halogens is 3. The van der Waals surface area contributed by atoms with Crippen LogP contribution in [0.25, 0.3) is 0 Å². The molecule has 0 saturated carbocycles. The molecule has 0 aliphatic heterocycles. The van der Waals surface area contributed by atoms with Crippen LogP contribution in [-0.4, -0.2) is 60.5 Å². The molecule has 0 radical (unpaired) electrons. The number of carbonyl (C=O) groups is 2. The van der Waals surface area contributed by atoms with Gasteiger partial charge >= 0.3 is 5.97 Å². The molecule has 0 aliphatic carbocycles. The number of aliphatic hydroxyl groups is 1. The molecular weight excluding hydrogens is 478 g/mol. The smallest absolute Gasteiger partial charge is 0.320 e. The number of carboxylic acid groups (broad SMARTS) is 1. The van der Waals surface area contributed by atoms with Crippen molar-refractivity contribution in [1.29, 1.82) is 0 Å². The maximum absolute atomic E-state index is 13.3. The van der Waals surface area contributed by atoms with Crippen LogP contribution in [-0.2, 0) is 9.59 Å². The normalized spacial score (nSPS) is 12.6. The van der Waals surface area contributed by atoms with Crippen molar-refractivity contribution in [3.05, 3.63) is 58.3 Å². The highest BCUT2D eigenvalue weighted by Gasteiger charge is 2.17. The van der Waals surface area contributed by atoms with E-state index in [0.29, 0.717) is 10.8 Å². The van der Waals surface area contributed by atoms with Gasteiger partial charge in [0.25, 0.3) is 5.91 Å². The quantitative estimate of drug-likeness (QED) is 0.313. The number of rotatable bonds is 14. The van der Waals surface area contributed by atoms with Crippen LogP contribution < -0.4 is 20.1 Å². The van der Waals surface area contributed by atoms with Crippen molar-refractivity contribution in [3.8, 4) is 11.5 Å². The second-order valence-electron chi connectivity index (χ2n) is 7.05. The highest BCUT2D eigenvalue weighted by atomic mass is 35.5. The number of carbonyl (C=O) groups excluding carboxylic acids is 1. The Kier molecular flexibility index (Phi) is 11.2. The van der Waals surface area contributed by atoms with Gasteiger partial charge in [-0.2, -0.15) is 0 Å². The van der Waals surface area contributed by atoms with Crippen molar-refractivity contribution < 1.29 is 33.7 Å². The van der Waals surface area contributed by atoms with E-state index in [1.165, 1.54) is 12.1 Å². The van der Waals surface area contributed by atoms with E-state index in [1.54, 1.807) is 24.3 Å². The van der Waals surface area contributed by atoms with Gasteiger partial charge < -0.3 is 30.3 Å². The summed E-state index contributed by atoms with van der Waals surface area (Å²) in [5.74, 6) is -1.46. The average Bonchev–Trinajstić information content (AvgIpc) is 2.78. The Labute approximate surface area is 200 Å². The molecule has 2 aromatic carbocycles. The topological polar surface area (TPSA) is 117 Å². The van der Waals surface area contributed by atoms with Crippen molar-refractivity contribution in [2.45, 2.75) is 25.0 Å². The lowest BCUT2D eigenvalue weighted by atomic mass is 10.2. The average molecular weight is 503 g/mol. The summed E-state index contributed by atoms with van der Waals surface area (Å²) < 4.78 is 24.0. The zero-order valence-electron chi connectivity index (χ0n) is 17.6. The summed E-state index contributed by atoms with van der Waals surface area (Å²) in [5, 5.41) is 25.2. The van der Waals surface area contributed by atoms with Gasteiger partial charge in [-0.05, 0) is 49.4 Å². The van der Waals surface area contributed by atoms with E-state index in [-0.39, 0.29) is 49.9 Å². The van der Waals surface area contributed by atoms with E-state index in [1.807, 2.05) is 0 Å². The fourth-order valence-electron chi connectivity index (χ4n) is 2.66. The molecule has 33 heavy (non-hydrogen) atoms. The molecular formula is C22H25Cl2FN2O6. The van der Waals surface area contributed by atoms with Crippen LogP contribution >= 0.6 is 23.2 Å². The zero-order valence-corrected chi connectivity index (χ0v) is 19.1. The number of nitrogens with one attached hydrogen (secondary N) is 2. The van der Waals surface area contributed by atoms with Crippen LogP contribution in [0, 0.1) is 5.82 Å². The molecule has 2 aromatic rings. The lowest BCUT2D eigenvalue weighted by Gasteiger charge is -2.17. The molecule has 0 bridgehead atoms. The Morgan fingerprint density at radius 1 is 1.03 bits per heavy atom. The predicted octanol–water partition coefficient (Wildman–Crippen LogP) is 2.89. The number of hydrogen-bond acceptors (Lipinski definition) is 6. The Hall–Kier alpha value is -2.59. The molecule has 11 heteroatoms. The summed E-state index contributed by atoms with van der Waals surface area (Å²) >= 11 is 11.4. The van der Waals surface area contributed by atoms with E-state index in [4.69, 9.17) is 32.7 Å². The number of aliphatic carboxylic acids is 1. The first-order valence-electron chi connectivity index (χ1n) is 10.1. The van der Waals surface area contributed by atoms with Gasteiger partial charge in [0, 0.05) is 24.1 Å². The minimum Gasteiger partial charge on any atom is -0.494 e. The van der Waals surface area contributed by atoms with Gasteiger partial charge in [0.15, 0.2) is 6.61 Å². The van der Waals surface area contributed by atoms with Gasteiger partial charge in [-0.1, -0.05) is 23.2 Å². The van der Waals surface area contributed by atoms with Gasteiger partial charge in [-0.15, -0.1) is 0 Å². The van der Waals surface area contributed by atoms with Gasteiger partial charge in [-0.25, -0.2) is 4.39 Å². The largest absolute Gasteiger partial charge is 0.494 e. The van der Waals surface area contributed by atoms with Crippen LogP contribution in [0.1, 0.15) is 12.8 Å². The highest BCUT2D eigenvalue weighted by Crippen LogP contribution is 2.20. The van der Waals surface area contributed by atoms with Crippen molar-refractivity contribution in [2.75, 3.05) is 26.3 Å². The maximum atomic E-state index is 13.3. The second kappa shape index (κ2) is 13.8. The van der Waals surface area contributed by atoms with E-state index in [0.717, 1.165) is 6.07 Å². The van der Waals surface area contributed by atoms with Crippen LogP contribution in [0.4, 0.5) is 4.39 Å². The van der Waals surface area contributed by atoms with E-state index in [9.17, 15) is 24.2 Å². The zero-order chi connectivity index (χ0) is 24.2. The number of benzene rings is 2. The molecule has 0 unspecified atom stereocenters. The first kappa shape index (κ1) is 26.7. The molecule has 2 rings (SSSR count). The Morgan fingerprint density at radius 3 is 2.39 bits per heavy atom. The first-order valence-corrected chi connectivity index (χ1v) is 10.9. The molecule has 0 aromatic heterocycles. The third-order valence-corrected chi connectivity index (χ3v) is 5.01. The minimum atomic E-state index is -1.03. The van der Waals surface area contributed by atoms with Gasteiger partial charge in [-0.3, -0.25) is 9.59 Å². The number of carboxylic acids is 1. The third kappa shape index (κ3) is 10.3. The van der Waals surface area contributed by atoms with E-state index >= 15 is 0 Å². The monoisotopic (exact) mass is 502 g/mol. The molecule has 0 spiro atoms. The van der Waals surface area contributed by atoms with Crippen molar-refractivity contribution >= 4 is 35.1 Å². The molecule has 2 atom stereocenters. The standard InChI is InChI=1S/C22H25Cl2FN2O6/c23-14-1-3-16(4-2-14)32-10-8-20(22(30)31)26-9-7-15(28)12-27-21(29)13-33-17-5-6-18(24)19(25)11-17/h1-6,11,15,20,26,28H,7-10,12-13H2,(H,27,29)(H,30,31)/t15-,20-/m0/s1. The minimum absolute atomic E-state index is 0.0454. The van der Waals surface area contributed by atoms with Crippen molar-refractivity contribution in [3.63, 3.8) is 0 Å². The molecule has 0 heterocycles. The Morgan fingerprint density at radius 2 is 1.73 bits per heavy atom. The SMILES string of the molecule is O=C(COc1ccc(Cl)c(F)c1)NC[C@@H](O)CCN[C@@H](CCOc1ccc(Cl)cc1)C(=O)O. The lowest BCUT2D eigenvalue weighted by Crippen LogP contribution is -2.41. The molecule has 8 nitrogen and oxygen atoms in total. The van der Waals surface area contributed by atoms with Crippen molar-refractivity contribution in [2.24, 2.45) is 0 Å². The number of amides is 1. The highest BCUT2D eigenvalue weighted by molar-refractivity contribution is 6.30. The first-order chi connectivity index (χ1) is 15.7. The second-order valence-corrected chi connectivity index (χ2v) is 7.89. The van der Waals surface area contributed by atoms with Crippen LogP contribution in [0.3, 0.4) is 0 Å². The van der Waals surface area contributed by atoms with Crippen LogP contribution in [0.5, 0.6) is 11.5 Å². The molecule has 0 fully saturated rings. The summed E-state index contributed by atoms with van der Waals surface area (Å²) in [6.07, 6.45) is -0.465. The van der Waals surface area contributed by atoms with Gasteiger partial charge in [0.2, 0.25) is 0 Å². The summed E-state index contributed by atoms with van der Waals surface area (Å²) in [7, 11) is 0. The molecule has 4 N–H and O–H groups in total. The number of hydrogen-bond donors (Lipinski definition) is 4. The molecule has 0 saturated heterocycles. The van der Waals surface area contributed by atoms with Crippen LogP contribution in [0.2, 0.25) is 10.0 Å². The maximum Gasteiger partial charge on any atom is 0.320 e. The number of ether oxygens (including phenoxy) is 2. The van der Waals surface area contributed by atoms with Crippen molar-refractivity contribution in [1.82, 2.24) is 10.6 Å². The molecule has 1 amide bonds. The van der Waals surface area contributed by atoms with E-state index in [2.05, 4.69) is 10.6 Å². The lowest BCUT2D eigenvalue weighted by molar-refractivity contribution is -0.139. The van der Waals surface area contributed by atoms with Gasteiger partial charge in [0.05, 0.1) is 17.7 Å². The predicted molar refractivity (Wildman–Crippen MR) is 122 cm³/mol. The summed E-state index contributed by atoms with van der Waals surface area (Å²) in [5.41, 5.74) is 0. The van der Waals surface area contributed by atoms with Crippen LogP contribution in [0.15, 0.2) is 42.5 Å². The fourth-order valence-corrected chi connectivity index (χ4v) is 2.91. The summed E-state index contributed by atoms with van der Waals surface area (Å²) in [4.78, 5) is 23.2. The van der Waals surface area contributed by atoms with E-state index < -0.39 is 29.8 Å². The fraction of sp³-hybridized carbons (Fsp3) is 0.364. The Balaban J connectivity index is 1.61. The molecule has 180 valence electrons. The molecule has 0 aliphatic rings. The van der Waals surface area contributed by atoms with Gasteiger partial charge in [0.1, 0.15) is 23.4 Å². The number of aliphatic hydroxyl groups excluding tert-OH is 1.